The molecule has 0 radical (unpaired) electrons. The number of non-ortho nitro benzene ring substituents is 1. The molecule has 0 spiro atoms. The molecule has 134 valence electrons. The van der Waals surface area contributed by atoms with E-state index >= 15 is 0 Å². The summed E-state index contributed by atoms with van der Waals surface area (Å²) in [5, 5.41) is 16.6. The lowest BCUT2D eigenvalue weighted by molar-refractivity contribution is -0.384. The Hall–Kier alpha value is -2.03. The molecule has 0 fully saturated rings. The van der Waals surface area contributed by atoms with Crippen LogP contribution in [0.5, 0.6) is 0 Å². The van der Waals surface area contributed by atoms with Crippen molar-refractivity contribution in [2.24, 2.45) is 0 Å². The second kappa shape index (κ2) is 9.45. The number of thiophene rings is 1. The van der Waals surface area contributed by atoms with Gasteiger partial charge in [0.05, 0.1) is 11.5 Å². The molecule has 1 aromatic heterocycles. The minimum Gasteiger partial charge on any atom is -0.344 e. The van der Waals surface area contributed by atoms with Crippen molar-refractivity contribution in [3.63, 3.8) is 0 Å². The summed E-state index contributed by atoms with van der Waals surface area (Å²) in [5.74, 6) is 0. The van der Waals surface area contributed by atoms with Gasteiger partial charge in [-0.25, -0.2) is 0 Å². The molecular weight excluding hydrogens is 356 g/mol. The molecule has 1 heterocycles. The molecule has 0 aliphatic rings. The summed E-state index contributed by atoms with van der Waals surface area (Å²) in [5.41, 5.74) is 0.817. The number of thiocarbonyl (C=S) groups is 1. The molecule has 0 amide bonds. The second-order valence-corrected chi connectivity index (χ2v) is 7.31. The van der Waals surface area contributed by atoms with Gasteiger partial charge in [-0.15, -0.1) is 11.3 Å². The fourth-order valence-corrected chi connectivity index (χ4v) is 3.28. The van der Waals surface area contributed by atoms with Gasteiger partial charge in [0.15, 0.2) is 5.11 Å². The highest BCUT2D eigenvalue weighted by molar-refractivity contribution is 7.80. The minimum atomic E-state index is -0.410. The van der Waals surface area contributed by atoms with Gasteiger partial charge in [0.2, 0.25) is 0 Å². The van der Waals surface area contributed by atoms with Crippen molar-refractivity contribution in [2.75, 3.05) is 32.5 Å². The van der Waals surface area contributed by atoms with E-state index in [9.17, 15) is 10.1 Å². The highest BCUT2D eigenvalue weighted by Gasteiger charge is 2.12. The Morgan fingerprint density at radius 2 is 1.96 bits per heavy atom. The first kappa shape index (κ1) is 19.3. The third-order valence-electron chi connectivity index (χ3n) is 3.58. The number of nitrogens with zero attached hydrogens (tertiary/aromatic N) is 3. The molecule has 0 saturated carbocycles. The maximum absolute atomic E-state index is 10.7. The lowest BCUT2D eigenvalue weighted by atomic mass is 10.3. The molecule has 8 heteroatoms. The average molecular weight is 379 g/mol. The van der Waals surface area contributed by atoms with E-state index in [-0.39, 0.29) is 5.69 Å². The van der Waals surface area contributed by atoms with Gasteiger partial charge < -0.3 is 15.1 Å². The summed E-state index contributed by atoms with van der Waals surface area (Å²) in [7, 11) is 4.11. The number of nitro benzene ring substituents is 1. The fourth-order valence-electron chi connectivity index (χ4n) is 2.29. The summed E-state index contributed by atoms with van der Waals surface area (Å²) in [4.78, 5) is 15.9. The number of anilines is 1. The predicted molar refractivity (Wildman–Crippen MR) is 107 cm³/mol. The fraction of sp³-hybridized carbons (Fsp3) is 0.353. The van der Waals surface area contributed by atoms with Crippen molar-refractivity contribution in [3.8, 4) is 0 Å². The zero-order valence-electron chi connectivity index (χ0n) is 14.3. The lowest BCUT2D eigenvalue weighted by Gasteiger charge is -2.26. The monoisotopic (exact) mass is 378 g/mol. The number of hydrogen-bond acceptors (Lipinski definition) is 5. The normalized spacial score (nSPS) is 10.7. The van der Waals surface area contributed by atoms with Crippen molar-refractivity contribution in [1.29, 1.82) is 0 Å². The molecule has 2 aromatic rings. The van der Waals surface area contributed by atoms with Crippen molar-refractivity contribution < 1.29 is 4.92 Å². The number of rotatable bonds is 8. The summed E-state index contributed by atoms with van der Waals surface area (Å²) < 4.78 is 0. The van der Waals surface area contributed by atoms with E-state index in [0.29, 0.717) is 5.11 Å². The summed E-state index contributed by atoms with van der Waals surface area (Å²) in [6.07, 6.45) is 1.00. The van der Waals surface area contributed by atoms with Crippen LogP contribution in [0.1, 0.15) is 11.3 Å². The first-order valence-corrected chi connectivity index (χ1v) is 9.22. The predicted octanol–water partition coefficient (Wildman–Crippen LogP) is 3.81. The van der Waals surface area contributed by atoms with Crippen molar-refractivity contribution in [2.45, 2.75) is 13.0 Å². The second-order valence-electron chi connectivity index (χ2n) is 5.89. The molecule has 0 saturated heterocycles. The quantitative estimate of drug-likeness (QED) is 0.428. The average Bonchev–Trinajstić information content (AvgIpc) is 3.07. The van der Waals surface area contributed by atoms with Gasteiger partial charge in [-0.2, -0.15) is 0 Å². The Labute approximate surface area is 157 Å². The van der Waals surface area contributed by atoms with Crippen LogP contribution in [0.15, 0.2) is 41.8 Å². The van der Waals surface area contributed by atoms with Crippen LogP contribution in [-0.4, -0.2) is 47.0 Å². The Balaban J connectivity index is 2.01. The van der Waals surface area contributed by atoms with E-state index in [1.54, 1.807) is 23.5 Å². The Morgan fingerprint density at radius 1 is 1.24 bits per heavy atom. The van der Waals surface area contributed by atoms with E-state index in [0.717, 1.165) is 31.7 Å². The van der Waals surface area contributed by atoms with Gasteiger partial charge >= 0.3 is 0 Å². The van der Waals surface area contributed by atoms with E-state index < -0.39 is 4.92 Å². The van der Waals surface area contributed by atoms with Gasteiger partial charge in [0.25, 0.3) is 5.69 Å². The first-order chi connectivity index (χ1) is 12.0. The summed E-state index contributed by atoms with van der Waals surface area (Å²) in [6.45, 7) is 2.58. The lowest BCUT2D eigenvalue weighted by Crippen LogP contribution is -2.36. The molecule has 0 bridgehead atoms. The highest BCUT2D eigenvalue weighted by atomic mass is 32.1. The zero-order valence-corrected chi connectivity index (χ0v) is 16.0. The third-order valence-corrected chi connectivity index (χ3v) is 4.80. The number of benzene rings is 1. The van der Waals surface area contributed by atoms with E-state index in [2.05, 4.69) is 40.7 Å². The van der Waals surface area contributed by atoms with Crippen molar-refractivity contribution in [1.82, 2.24) is 9.80 Å². The van der Waals surface area contributed by atoms with Gasteiger partial charge in [-0.3, -0.25) is 10.1 Å². The van der Waals surface area contributed by atoms with Crippen LogP contribution in [0.2, 0.25) is 0 Å². The van der Waals surface area contributed by atoms with Crippen LogP contribution in [0.25, 0.3) is 0 Å². The van der Waals surface area contributed by atoms with Gasteiger partial charge in [-0.05, 0) is 62.9 Å². The molecular formula is C17H22N4O2S2. The standard InChI is InChI=1S/C17H22N4O2S2/c1-19(2)10-4-11-20(13-16-5-3-12-25-16)17(24)18-14-6-8-15(9-7-14)21(22)23/h3,5-9,12H,4,10-11,13H2,1-2H3,(H,18,24). The van der Waals surface area contributed by atoms with Crippen LogP contribution < -0.4 is 5.32 Å². The van der Waals surface area contributed by atoms with Crippen molar-refractivity contribution in [3.05, 3.63) is 56.8 Å². The van der Waals surface area contributed by atoms with Gasteiger partial charge in [0, 0.05) is 29.2 Å². The molecule has 25 heavy (non-hydrogen) atoms. The maximum Gasteiger partial charge on any atom is 0.269 e. The van der Waals surface area contributed by atoms with Gasteiger partial charge in [-0.1, -0.05) is 6.07 Å². The van der Waals surface area contributed by atoms with Crippen LogP contribution >= 0.6 is 23.6 Å². The smallest absolute Gasteiger partial charge is 0.269 e. The Kier molecular flexibility index (Phi) is 7.30. The summed E-state index contributed by atoms with van der Waals surface area (Å²) in [6, 6.07) is 10.4. The van der Waals surface area contributed by atoms with Crippen LogP contribution in [-0.2, 0) is 6.54 Å². The molecule has 1 aromatic carbocycles. The van der Waals surface area contributed by atoms with E-state index in [4.69, 9.17) is 12.2 Å². The SMILES string of the molecule is CN(C)CCCN(Cc1cccs1)C(=S)Nc1ccc([N+](=O)[O-])cc1. The van der Waals surface area contributed by atoms with Crippen molar-refractivity contribution >= 4 is 40.0 Å². The molecule has 0 atom stereocenters. The van der Waals surface area contributed by atoms with Gasteiger partial charge in [0.1, 0.15) is 0 Å². The third kappa shape index (κ3) is 6.41. The number of nitro groups is 1. The Bertz CT molecular complexity index is 687. The van der Waals surface area contributed by atoms with Crippen LogP contribution in [0, 0.1) is 10.1 Å². The molecule has 0 aliphatic heterocycles. The molecule has 2 rings (SSSR count). The van der Waals surface area contributed by atoms with Crippen LogP contribution in [0.3, 0.4) is 0 Å². The number of nitrogens with one attached hydrogen (secondary N) is 1. The molecule has 0 unspecified atom stereocenters. The molecule has 0 aliphatic carbocycles. The minimum absolute atomic E-state index is 0.0675. The zero-order chi connectivity index (χ0) is 18.2. The maximum atomic E-state index is 10.7. The topological polar surface area (TPSA) is 61.6 Å². The van der Waals surface area contributed by atoms with E-state index in [1.807, 2.05) is 6.07 Å². The number of hydrogen-bond donors (Lipinski definition) is 1. The molecule has 6 nitrogen and oxygen atoms in total. The highest BCUT2D eigenvalue weighted by Crippen LogP contribution is 2.17. The molecule has 1 N–H and O–H groups in total. The summed E-state index contributed by atoms with van der Waals surface area (Å²) >= 11 is 7.27. The Morgan fingerprint density at radius 3 is 2.52 bits per heavy atom. The first-order valence-electron chi connectivity index (χ1n) is 7.93. The van der Waals surface area contributed by atoms with Crippen LogP contribution in [0.4, 0.5) is 11.4 Å². The largest absolute Gasteiger partial charge is 0.344 e. The van der Waals surface area contributed by atoms with E-state index in [1.165, 1.54) is 17.0 Å².